The number of hydrogen-bond acceptors (Lipinski definition) is 4. The maximum atomic E-state index is 10.2. The maximum Gasteiger partial charge on any atom is 0.128 e. The van der Waals surface area contributed by atoms with Gasteiger partial charge in [0, 0.05) is 36.5 Å². The minimum Gasteiger partial charge on any atom is -0.496 e. The van der Waals surface area contributed by atoms with Crippen molar-refractivity contribution in [3.8, 4) is 5.75 Å². The summed E-state index contributed by atoms with van der Waals surface area (Å²) in [5.74, 6) is 0.849. The van der Waals surface area contributed by atoms with Crippen molar-refractivity contribution >= 4 is 0 Å². The number of aliphatic hydroxyl groups excluding tert-OH is 1. The Kier molecular flexibility index (Phi) is 6.25. The normalized spacial score (nSPS) is 14.2. The Balaban J connectivity index is 2.87. The predicted octanol–water partition coefficient (Wildman–Crippen LogP) is 2.43. The van der Waals surface area contributed by atoms with Crippen molar-refractivity contribution in [1.82, 2.24) is 4.98 Å². The summed E-state index contributed by atoms with van der Waals surface area (Å²) in [6.07, 6.45) is 3.43. The molecule has 0 fully saturated rings. The lowest BCUT2D eigenvalue weighted by Gasteiger charge is -2.22. The van der Waals surface area contributed by atoms with Crippen LogP contribution in [0.4, 0.5) is 0 Å². The zero-order valence-electron chi connectivity index (χ0n) is 12.6. The molecule has 2 unspecified atom stereocenters. The molecule has 0 bridgehead atoms. The van der Waals surface area contributed by atoms with Gasteiger partial charge in [-0.25, -0.2) is 0 Å². The zero-order valence-corrected chi connectivity index (χ0v) is 12.6. The number of aliphatic hydroxyl groups is 1. The van der Waals surface area contributed by atoms with E-state index in [1.54, 1.807) is 20.4 Å². The van der Waals surface area contributed by atoms with E-state index in [1.807, 2.05) is 13.8 Å². The van der Waals surface area contributed by atoms with E-state index in [1.165, 1.54) is 0 Å². The van der Waals surface area contributed by atoms with Crippen molar-refractivity contribution in [2.24, 2.45) is 0 Å². The van der Waals surface area contributed by atoms with Gasteiger partial charge in [-0.2, -0.15) is 0 Å². The molecular weight excluding hydrogens is 242 g/mol. The van der Waals surface area contributed by atoms with Crippen LogP contribution in [0, 0.1) is 13.8 Å². The predicted molar refractivity (Wildman–Crippen MR) is 75.7 cm³/mol. The Morgan fingerprint density at radius 1 is 1.32 bits per heavy atom. The molecule has 108 valence electrons. The number of methoxy groups -OCH3 is 2. The highest BCUT2D eigenvalue weighted by atomic mass is 16.5. The number of rotatable bonds is 7. The SMILES string of the molecule is CCCC(OC)C(O)Cc1ncc(C)c(OC)c1C. The van der Waals surface area contributed by atoms with E-state index in [9.17, 15) is 5.11 Å². The first kappa shape index (κ1) is 15.9. The van der Waals surface area contributed by atoms with Gasteiger partial charge in [0.05, 0.1) is 19.3 Å². The van der Waals surface area contributed by atoms with Crippen LogP contribution in [0.1, 0.15) is 36.6 Å². The number of nitrogens with zero attached hydrogens (tertiary/aromatic N) is 1. The van der Waals surface area contributed by atoms with E-state index in [0.29, 0.717) is 6.42 Å². The molecule has 0 aliphatic rings. The molecule has 2 atom stereocenters. The van der Waals surface area contributed by atoms with Crippen molar-refractivity contribution in [2.75, 3.05) is 14.2 Å². The fourth-order valence-corrected chi connectivity index (χ4v) is 2.36. The van der Waals surface area contributed by atoms with Gasteiger partial charge < -0.3 is 14.6 Å². The molecule has 1 rings (SSSR count). The van der Waals surface area contributed by atoms with Crippen LogP contribution in [0.25, 0.3) is 0 Å². The van der Waals surface area contributed by atoms with Gasteiger partial charge in [0.25, 0.3) is 0 Å². The highest BCUT2D eigenvalue weighted by molar-refractivity contribution is 5.41. The van der Waals surface area contributed by atoms with Gasteiger partial charge in [0.1, 0.15) is 5.75 Å². The molecule has 1 heterocycles. The first-order valence-corrected chi connectivity index (χ1v) is 6.75. The van der Waals surface area contributed by atoms with Gasteiger partial charge >= 0.3 is 0 Å². The molecule has 0 saturated heterocycles. The van der Waals surface area contributed by atoms with Crippen LogP contribution >= 0.6 is 0 Å². The van der Waals surface area contributed by atoms with E-state index >= 15 is 0 Å². The molecule has 0 aromatic carbocycles. The smallest absolute Gasteiger partial charge is 0.128 e. The average Bonchev–Trinajstić information content (AvgIpc) is 2.39. The van der Waals surface area contributed by atoms with Crippen LogP contribution in [0.15, 0.2) is 6.20 Å². The molecule has 19 heavy (non-hydrogen) atoms. The molecule has 0 aliphatic carbocycles. The second-order valence-electron chi connectivity index (χ2n) is 4.88. The number of ether oxygens (including phenoxy) is 2. The summed E-state index contributed by atoms with van der Waals surface area (Å²) < 4.78 is 10.7. The van der Waals surface area contributed by atoms with Crippen LogP contribution < -0.4 is 4.74 Å². The topological polar surface area (TPSA) is 51.6 Å². The molecular formula is C15H25NO3. The lowest BCUT2D eigenvalue weighted by Crippen LogP contribution is -2.30. The quantitative estimate of drug-likeness (QED) is 0.824. The van der Waals surface area contributed by atoms with Crippen molar-refractivity contribution in [3.63, 3.8) is 0 Å². The van der Waals surface area contributed by atoms with Crippen molar-refractivity contribution < 1.29 is 14.6 Å². The molecule has 0 saturated carbocycles. The molecule has 4 heteroatoms. The molecule has 0 radical (unpaired) electrons. The van der Waals surface area contributed by atoms with Crippen molar-refractivity contribution in [3.05, 3.63) is 23.0 Å². The van der Waals surface area contributed by atoms with Gasteiger partial charge in [-0.1, -0.05) is 13.3 Å². The fourth-order valence-electron chi connectivity index (χ4n) is 2.36. The van der Waals surface area contributed by atoms with Gasteiger partial charge in [-0.05, 0) is 20.3 Å². The Labute approximate surface area is 115 Å². The summed E-state index contributed by atoms with van der Waals surface area (Å²) in [6, 6.07) is 0. The highest BCUT2D eigenvalue weighted by Gasteiger charge is 2.21. The Morgan fingerprint density at radius 2 is 2.00 bits per heavy atom. The summed E-state index contributed by atoms with van der Waals surface area (Å²) in [5.41, 5.74) is 2.87. The Bertz CT molecular complexity index is 407. The average molecular weight is 267 g/mol. The van der Waals surface area contributed by atoms with Gasteiger partial charge in [0.2, 0.25) is 0 Å². The maximum absolute atomic E-state index is 10.2. The molecule has 0 spiro atoms. The third-order valence-electron chi connectivity index (χ3n) is 3.46. The van der Waals surface area contributed by atoms with Crippen molar-refractivity contribution in [2.45, 2.75) is 52.2 Å². The second kappa shape index (κ2) is 7.46. The van der Waals surface area contributed by atoms with E-state index in [2.05, 4.69) is 11.9 Å². The molecule has 0 aliphatic heterocycles. The van der Waals surface area contributed by atoms with Crippen LogP contribution in [0.5, 0.6) is 5.75 Å². The number of pyridine rings is 1. The number of aryl methyl sites for hydroxylation is 1. The first-order valence-electron chi connectivity index (χ1n) is 6.75. The summed E-state index contributed by atoms with van der Waals surface area (Å²) in [5, 5.41) is 10.2. The highest BCUT2D eigenvalue weighted by Crippen LogP contribution is 2.25. The zero-order chi connectivity index (χ0) is 14.4. The lowest BCUT2D eigenvalue weighted by atomic mass is 10.0. The van der Waals surface area contributed by atoms with E-state index < -0.39 is 6.10 Å². The van der Waals surface area contributed by atoms with E-state index in [4.69, 9.17) is 9.47 Å². The van der Waals surface area contributed by atoms with E-state index in [-0.39, 0.29) is 6.10 Å². The van der Waals surface area contributed by atoms with Gasteiger partial charge in [-0.3, -0.25) is 4.98 Å². The van der Waals surface area contributed by atoms with Crippen LogP contribution in [-0.2, 0) is 11.2 Å². The lowest BCUT2D eigenvalue weighted by molar-refractivity contribution is -0.0164. The monoisotopic (exact) mass is 267 g/mol. The largest absolute Gasteiger partial charge is 0.496 e. The minimum atomic E-state index is -0.538. The minimum absolute atomic E-state index is 0.140. The Hall–Kier alpha value is -1.13. The first-order chi connectivity index (χ1) is 9.04. The number of aromatic nitrogens is 1. The van der Waals surface area contributed by atoms with Crippen LogP contribution in [-0.4, -0.2) is 36.5 Å². The summed E-state index contributed by atoms with van der Waals surface area (Å²) in [6.45, 7) is 6.02. The van der Waals surface area contributed by atoms with Gasteiger partial charge in [0.15, 0.2) is 0 Å². The standard InChI is InChI=1S/C15H25NO3/c1-6-7-14(18-4)13(17)8-12-11(3)15(19-5)10(2)9-16-12/h9,13-14,17H,6-8H2,1-5H3. The molecule has 4 nitrogen and oxygen atoms in total. The molecule has 1 N–H and O–H groups in total. The number of hydrogen-bond donors (Lipinski definition) is 1. The molecule has 1 aromatic rings. The van der Waals surface area contributed by atoms with Gasteiger partial charge in [-0.15, -0.1) is 0 Å². The summed E-state index contributed by atoms with van der Waals surface area (Å²) in [7, 11) is 3.30. The third kappa shape index (κ3) is 3.91. The van der Waals surface area contributed by atoms with Crippen LogP contribution in [0.3, 0.4) is 0 Å². The van der Waals surface area contributed by atoms with E-state index in [0.717, 1.165) is 35.4 Å². The Morgan fingerprint density at radius 3 is 2.53 bits per heavy atom. The van der Waals surface area contributed by atoms with Crippen LogP contribution in [0.2, 0.25) is 0 Å². The second-order valence-corrected chi connectivity index (χ2v) is 4.88. The third-order valence-corrected chi connectivity index (χ3v) is 3.46. The summed E-state index contributed by atoms with van der Waals surface area (Å²) >= 11 is 0. The van der Waals surface area contributed by atoms with Crippen molar-refractivity contribution in [1.29, 1.82) is 0 Å². The fraction of sp³-hybridized carbons (Fsp3) is 0.667. The molecule has 1 aromatic heterocycles. The molecule has 0 amide bonds. The summed E-state index contributed by atoms with van der Waals surface area (Å²) in [4.78, 5) is 4.41.